The van der Waals surface area contributed by atoms with Crippen LogP contribution in [-0.2, 0) is 24.3 Å². The third kappa shape index (κ3) is 4.28. The molecule has 0 aliphatic carbocycles. The molecule has 1 fully saturated rings. The molecule has 1 saturated heterocycles. The van der Waals surface area contributed by atoms with Gasteiger partial charge in [0.15, 0.2) is 0 Å². The van der Waals surface area contributed by atoms with Crippen molar-refractivity contribution in [2.45, 2.75) is 24.2 Å². The normalized spacial score (nSPS) is 14.4. The van der Waals surface area contributed by atoms with E-state index in [1.54, 1.807) is 0 Å². The number of benzene rings is 2. The number of nitrogens with zero attached hydrogens (tertiary/aromatic N) is 1. The van der Waals surface area contributed by atoms with Crippen molar-refractivity contribution in [3.05, 3.63) is 48.0 Å². The molecule has 0 unspecified atom stereocenters. The number of piperidine rings is 1. The number of methoxy groups -OCH3 is 2. The number of amides is 2. The summed E-state index contributed by atoms with van der Waals surface area (Å²) in [7, 11) is -1.57. The summed E-state index contributed by atoms with van der Waals surface area (Å²) in [6.07, 6.45) is 0.897. The van der Waals surface area contributed by atoms with Gasteiger partial charge >= 0.3 is 5.97 Å². The number of esters is 1. The quantitative estimate of drug-likeness (QED) is 0.550. The number of hydrogen-bond donors (Lipinski definition) is 1. The molecule has 0 radical (unpaired) electrons. The summed E-state index contributed by atoms with van der Waals surface area (Å²) in [4.78, 5) is 36.7. The molecule has 1 N–H and O–H groups in total. The molecule has 0 aromatic heterocycles. The van der Waals surface area contributed by atoms with Crippen LogP contribution in [-0.4, -0.2) is 40.4 Å². The Morgan fingerprint density at radius 3 is 2.20 bits per heavy atom. The highest BCUT2D eigenvalue weighted by Crippen LogP contribution is 2.32. The van der Waals surface area contributed by atoms with Gasteiger partial charge in [-0.05, 0) is 48.9 Å². The van der Waals surface area contributed by atoms with Gasteiger partial charge < -0.3 is 9.47 Å². The number of carbonyl (C=O) groups excluding carboxylic acids is 3. The molecule has 9 nitrogen and oxygen atoms in total. The summed E-state index contributed by atoms with van der Waals surface area (Å²) >= 11 is 0. The van der Waals surface area contributed by atoms with Crippen LogP contribution in [0.25, 0.3) is 0 Å². The van der Waals surface area contributed by atoms with Gasteiger partial charge in [-0.1, -0.05) is 0 Å². The summed E-state index contributed by atoms with van der Waals surface area (Å²) in [5.41, 5.74) is 0.634. The van der Waals surface area contributed by atoms with E-state index in [0.717, 1.165) is 4.90 Å². The first-order valence-electron chi connectivity index (χ1n) is 9.02. The molecule has 2 amide bonds. The van der Waals surface area contributed by atoms with Gasteiger partial charge in [-0.2, -0.15) is 0 Å². The molecule has 0 bridgehead atoms. The Morgan fingerprint density at radius 1 is 1.00 bits per heavy atom. The Hall–Kier alpha value is -3.40. The minimum Gasteiger partial charge on any atom is -0.495 e. The van der Waals surface area contributed by atoms with E-state index in [1.807, 2.05) is 0 Å². The van der Waals surface area contributed by atoms with Gasteiger partial charge in [0.25, 0.3) is 10.0 Å². The summed E-state index contributed by atoms with van der Waals surface area (Å²) in [6, 6.07) is 9.75. The molecule has 0 atom stereocenters. The van der Waals surface area contributed by atoms with E-state index in [0.29, 0.717) is 6.42 Å². The largest absolute Gasteiger partial charge is 0.495 e. The fourth-order valence-electron chi connectivity index (χ4n) is 3.06. The maximum Gasteiger partial charge on any atom is 0.337 e. The Morgan fingerprint density at radius 2 is 1.63 bits per heavy atom. The van der Waals surface area contributed by atoms with Crippen molar-refractivity contribution in [1.82, 2.24) is 0 Å². The van der Waals surface area contributed by atoms with Crippen molar-refractivity contribution in [1.29, 1.82) is 0 Å². The number of ether oxygens (including phenoxy) is 2. The summed E-state index contributed by atoms with van der Waals surface area (Å²) in [6.45, 7) is 0. The highest BCUT2D eigenvalue weighted by atomic mass is 32.2. The van der Waals surface area contributed by atoms with Crippen LogP contribution >= 0.6 is 0 Å². The molecular weight excluding hydrogens is 412 g/mol. The molecule has 1 aliphatic rings. The molecule has 0 saturated carbocycles. The zero-order valence-electron chi connectivity index (χ0n) is 16.4. The van der Waals surface area contributed by atoms with Crippen LogP contribution in [0, 0.1) is 0 Å². The van der Waals surface area contributed by atoms with Crippen LogP contribution in [0.3, 0.4) is 0 Å². The molecule has 3 rings (SSSR count). The maximum atomic E-state index is 13.0. The molecule has 2 aromatic carbocycles. The van der Waals surface area contributed by atoms with E-state index in [9.17, 15) is 22.8 Å². The van der Waals surface area contributed by atoms with Gasteiger partial charge in [-0.15, -0.1) is 0 Å². The predicted molar refractivity (Wildman–Crippen MR) is 108 cm³/mol. The maximum absolute atomic E-state index is 13.0. The van der Waals surface area contributed by atoms with E-state index in [2.05, 4.69) is 9.46 Å². The molecule has 2 aromatic rings. The second-order valence-corrected chi connectivity index (χ2v) is 8.14. The van der Waals surface area contributed by atoms with Crippen LogP contribution in [0.1, 0.15) is 29.6 Å². The van der Waals surface area contributed by atoms with E-state index in [4.69, 9.17) is 4.74 Å². The van der Waals surface area contributed by atoms with E-state index < -0.39 is 16.0 Å². The minimum absolute atomic E-state index is 0.0503. The highest BCUT2D eigenvalue weighted by Gasteiger charge is 2.29. The number of anilines is 2. The molecule has 158 valence electrons. The number of rotatable bonds is 6. The Labute approximate surface area is 173 Å². The fourth-order valence-corrected chi connectivity index (χ4v) is 4.31. The van der Waals surface area contributed by atoms with Crippen molar-refractivity contribution in [2.24, 2.45) is 0 Å². The van der Waals surface area contributed by atoms with Gasteiger partial charge in [0.05, 0.1) is 25.5 Å². The molecular formula is C20H20N2O7S. The van der Waals surface area contributed by atoms with Crippen molar-refractivity contribution in [2.75, 3.05) is 23.8 Å². The number of sulfonamides is 1. The highest BCUT2D eigenvalue weighted by molar-refractivity contribution is 7.92. The average molecular weight is 432 g/mol. The Balaban J connectivity index is 1.95. The van der Waals surface area contributed by atoms with Crippen LogP contribution in [0.5, 0.6) is 5.75 Å². The predicted octanol–water partition coefficient (Wildman–Crippen LogP) is 2.33. The summed E-state index contributed by atoms with van der Waals surface area (Å²) in [5.74, 6) is -1.26. The van der Waals surface area contributed by atoms with Gasteiger partial charge in [0.2, 0.25) is 11.8 Å². The zero-order valence-corrected chi connectivity index (χ0v) is 17.2. The fraction of sp³-hybridized carbons (Fsp3) is 0.250. The SMILES string of the molecule is COC(=O)c1ccc(NS(=O)(=O)c2cc(N3C(=O)CCCC3=O)ccc2OC)cc1. The lowest BCUT2D eigenvalue weighted by Crippen LogP contribution is -2.40. The smallest absolute Gasteiger partial charge is 0.337 e. The average Bonchev–Trinajstić information content (AvgIpc) is 2.73. The summed E-state index contributed by atoms with van der Waals surface area (Å²) in [5, 5.41) is 0. The van der Waals surface area contributed by atoms with E-state index in [-0.39, 0.29) is 52.2 Å². The first kappa shape index (κ1) is 21.3. The van der Waals surface area contributed by atoms with Crippen LogP contribution in [0.2, 0.25) is 0 Å². The number of carbonyl (C=O) groups is 3. The number of hydrogen-bond acceptors (Lipinski definition) is 7. The van der Waals surface area contributed by atoms with Gasteiger partial charge in [0.1, 0.15) is 10.6 Å². The third-order valence-corrected chi connectivity index (χ3v) is 5.94. The Kier molecular flexibility index (Phi) is 6.06. The van der Waals surface area contributed by atoms with Crippen molar-refractivity contribution in [3.8, 4) is 5.75 Å². The van der Waals surface area contributed by atoms with Crippen LogP contribution < -0.4 is 14.4 Å². The van der Waals surface area contributed by atoms with E-state index in [1.165, 1.54) is 56.7 Å². The molecule has 1 heterocycles. The number of nitrogens with one attached hydrogen (secondary N) is 1. The van der Waals surface area contributed by atoms with Crippen molar-refractivity contribution < 1.29 is 32.3 Å². The lowest BCUT2D eigenvalue weighted by Gasteiger charge is -2.25. The van der Waals surface area contributed by atoms with Crippen LogP contribution in [0.15, 0.2) is 47.4 Å². The summed E-state index contributed by atoms with van der Waals surface area (Å²) < 4.78 is 38.1. The van der Waals surface area contributed by atoms with Crippen LogP contribution in [0.4, 0.5) is 11.4 Å². The minimum atomic E-state index is -4.13. The Bertz CT molecular complexity index is 1080. The van der Waals surface area contributed by atoms with Crippen molar-refractivity contribution >= 4 is 39.2 Å². The van der Waals surface area contributed by atoms with E-state index >= 15 is 0 Å². The van der Waals surface area contributed by atoms with Gasteiger partial charge in [-0.3, -0.25) is 19.2 Å². The zero-order chi connectivity index (χ0) is 21.9. The van der Waals surface area contributed by atoms with Gasteiger partial charge in [0, 0.05) is 18.5 Å². The monoisotopic (exact) mass is 432 g/mol. The van der Waals surface area contributed by atoms with Gasteiger partial charge in [-0.25, -0.2) is 13.2 Å². The first-order valence-corrected chi connectivity index (χ1v) is 10.5. The second-order valence-electron chi connectivity index (χ2n) is 6.49. The van der Waals surface area contributed by atoms with Crippen molar-refractivity contribution in [3.63, 3.8) is 0 Å². The first-order chi connectivity index (χ1) is 14.3. The molecule has 30 heavy (non-hydrogen) atoms. The molecule has 1 aliphatic heterocycles. The molecule has 0 spiro atoms. The number of imide groups is 1. The lowest BCUT2D eigenvalue weighted by atomic mass is 10.1. The standard InChI is InChI=1S/C20H20N2O7S/c1-28-16-11-10-15(22-18(23)4-3-5-19(22)24)12-17(16)30(26,27)21-14-8-6-13(7-9-14)20(25)29-2/h6-12,21H,3-5H2,1-2H3. The lowest BCUT2D eigenvalue weighted by molar-refractivity contribution is -0.129. The third-order valence-electron chi connectivity index (χ3n) is 4.53. The molecule has 10 heteroatoms. The second kappa shape index (κ2) is 8.54. The topological polar surface area (TPSA) is 119 Å².